The van der Waals surface area contributed by atoms with Gasteiger partial charge in [0.25, 0.3) is 11.8 Å². The molecule has 6 nitrogen and oxygen atoms in total. The van der Waals surface area contributed by atoms with Gasteiger partial charge in [-0.25, -0.2) is 4.98 Å². The van der Waals surface area contributed by atoms with E-state index in [2.05, 4.69) is 15.6 Å². The minimum absolute atomic E-state index is 0.0180. The maximum atomic E-state index is 12.8. The van der Waals surface area contributed by atoms with E-state index in [0.29, 0.717) is 11.2 Å². The number of carbonyl (C=O) groups excluding carboxylic acids is 2. The molecule has 3 aromatic rings. The Kier molecular flexibility index (Phi) is 4.75. The predicted octanol–water partition coefficient (Wildman–Crippen LogP) is 3.34. The predicted molar refractivity (Wildman–Crippen MR) is 102 cm³/mol. The van der Waals surface area contributed by atoms with Crippen molar-refractivity contribution in [2.24, 2.45) is 0 Å². The highest BCUT2D eigenvalue weighted by atomic mass is 16.2. The van der Waals surface area contributed by atoms with Gasteiger partial charge in [0.15, 0.2) is 5.69 Å². The first-order valence-corrected chi connectivity index (χ1v) is 8.52. The second-order valence-electron chi connectivity index (χ2n) is 6.70. The van der Waals surface area contributed by atoms with Crippen LogP contribution in [-0.4, -0.2) is 27.2 Å². The first-order valence-electron chi connectivity index (χ1n) is 8.52. The zero-order chi connectivity index (χ0) is 18.8. The van der Waals surface area contributed by atoms with Crippen molar-refractivity contribution in [3.8, 4) is 0 Å². The molecule has 0 radical (unpaired) electrons. The first-order chi connectivity index (χ1) is 12.3. The Morgan fingerprint density at radius 1 is 1.04 bits per heavy atom. The van der Waals surface area contributed by atoms with Gasteiger partial charge in [0.05, 0.1) is 5.52 Å². The van der Waals surface area contributed by atoms with E-state index in [1.807, 2.05) is 52.0 Å². The van der Waals surface area contributed by atoms with Gasteiger partial charge in [-0.15, -0.1) is 0 Å². The first kappa shape index (κ1) is 17.7. The Hall–Kier alpha value is -3.15. The van der Waals surface area contributed by atoms with Crippen molar-refractivity contribution in [2.45, 2.75) is 33.7 Å². The number of carbonyl (C=O) groups is 2. The fourth-order valence-corrected chi connectivity index (χ4v) is 2.93. The lowest BCUT2D eigenvalue weighted by molar-refractivity contribution is 0.0940. The topological polar surface area (TPSA) is 75.5 Å². The average molecular weight is 350 g/mol. The molecule has 0 saturated carbocycles. The minimum atomic E-state index is -0.361. The lowest BCUT2D eigenvalue weighted by atomic mass is 10.1. The van der Waals surface area contributed by atoms with Crippen LogP contribution < -0.4 is 10.6 Å². The molecule has 2 heterocycles. The molecule has 1 aromatic carbocycles. The van der Waals surface area contributed by atoms with Gasteiger partial charge in [0, 0.05) is 17.9 Å². The summed E-state index contributed by atoms with van der Waals surface area (Å²) in [6.45, 7) is 7.71. The molecule has 0 unspecified atom stereocenters. The van der Waals surface area contributed by atoms with Crippen molar-refractivity contribution in [3.05, 3.63) is 65.2 Å². The van der Waals surface area contributed by atoms with E-state index in [9.17, 15) is 9.59 Å². The van der Waals surface area contributed by atoms with Crippen LogP contribution in [0.4, 0.5) is 5.69 Å². The van der Waals surface area contributed by atoms with E-state index >= 15 is 0 Å². The third-order valence-electron chi connectivity index (χ3n) is 3.87. The van der Waals surface area contributed by atoms with Crippen LogP contribution in [0.15, 0.2) is 42.6 Å². The van der Waals surface area contributed by atoms with Crippen LogP contribution in [0.3, 0.4) is 0 Å². The summed E-state index contributed by atoms with van der Waals surface area (Å²) in [6, 6.07) is 11.2. The quantitative estimate of drug-likeness (QED) is 0.758. The largest absolute Gasteiger partial charge is 0.348 e. The molecular weight excluding hydrogens is 328 g/mol. The van der Waals surface area contributed by atoms with Crippen molar-refractivity contribution in [2.75, 3.05) is 5.32 Å². The molecule has 0 aliphatic heterocycles. The number of nitrogens with zero attached hydrogens (tertiary/aromatic N) is 2. The van der Waals surface area contributed by atoms with Gasteiger partial charge in [0.1, 0.15) is 0 Å². The summed E-state index contributed by atoms with van der Waals surface area (Å²) in [5.74, 6) is -0.484. The van der Waals surface area contributed by atoms with E-state index in [0.717, 1.165) is 11.1 Å². The molecule has 0 fully saturated rings. The smallest absolute Gasteiger partial charge is 0.292 e. The maximum Gasteiger partial charge on any atom is 0.292 e. The summed E-state index contributed by atoms with van der Waals surface area (Å²) in [5.41, 5.74) is 3.66. The van der Waals surface area contributed by atoms with E-state index in [1.165, 1.54) is 0 Å². The molecule has 2 aromatic heterocycles. The Bertz CT molecular complexity index is 968. The molecule has 134 valence electrons. The van der Waals surface area contributed by atoms with Crippen molar-refractivity contribution in [3.63, 3.8) is 0 Å². The molecule has 0 aliphatic carbocycles. The second kappa shape index (κ2) is 7.00. The van der Waals surface area contributed by atoms with Gasteiger partial charge < -0.3 is 10.6 Å². The highest BCUT2D eigenvalue weighted by molar-refractivity contribution is 6.06. The maximum absolute atomic E-state index is 12.8. The van der Waals surface area contributed by atoms with Crippen LogP contribution in [0, 0.1) is 13.8 Å². The van der Waals surface area contributed by atoms with Crippen LogP contribution in [0.1, 0.15) is 46.1 Å². The summed E-state index contributed by atoms with van der Waals surface area (Å²) < 4.78 is 1.63. The molecular formula is C20H22N4O2. The number of imidazole rings is 1. The van der Waals surface area contributed by atoms with E-state index < -0.39 is 0 Å². The number of hydrogen-bond donors (Lipinski definition) is 2. The molecule has 2 amide bonds. The standard InChI is InChI=1S/C20H22N4O2/c1-12(2)21-19(25)17-16-7-5-6-8-24(16)18(23-17)20(26)22-15-10-13(3)9-14(4)11-15/h5-12H,1-4H3,(H,21,25)(H,22,26). The second-order valence-corrected chi connectivity index (χ2v) is 6.70. The Morgan fingerprint density at radius 2 is 1.73 bits per heavy atom. The van der Waals surface area contributed by atoms with Gasteiger partial charge in [-0.2, -0.15) is 0 Å². The Labute approximate surface area is 152 Å². The molecule has 2 N–H and O–H groups in total. The number of aryl methyl sites for hydroxylation is 2. The van der Waals surface area contributed by atoms with Crippen LogP contribution in [0.5, 0.6) is 0 Å². The normalized spacial score (nSPS) is 11.0. The van der Waals surface area contributed by atoms with Gasteiger partial charge in [-0.1, -0.05) is 12.1 Å². The lowest BCUT2D eigenvalue weighted by Gasteiger charge is -2.07. The van der Waals surface area contributed by atoms with Crippen molar-refractivity contribution < 1.29 is 9.59 Å². The summed E-state index contributed by atoms with van der Waals surface area (Å²) in [7, 11) is 0. The third-order valence-corrected chi connectivity index (χ3v) is 3.87. The summed E-state index contributed by atoms with van der Waals surface area (Å²) in [5, 5.41) is 5.69. The molecule has 26 heavy (non-hydrogen) atoms. The molecule has 0 saturated heterocycles. The van der Waals surface area contributed by atoms with Gasteiger partial charge >= 0.3 is 0 Å². The molecule has 3 rings (SSSR count). The van der Waals surface area contributed by atoms with Crippen molar-refractivity contribution in [1.29, 1.82) is 0 Å². The SMILES string of the molecule is Cc1cc(C)cc(NC(=O)c2nc(C(=O)NC(C)C)c3ccccn23)c1. The number of benzene rings is 1. The number of rotatable bonds is 4. The van der Waals surface area contributed by atoms with Gasteiger partial charge in [0.2, 0.25) is 5.82 Å². The fraction of sp³-hybridized carbons (Fsp3) is 0.250. The average Bonchev–Trinajstić information content (AvgIpc) is 2.93. The monoisotopic (exact) mass is 350 g/mol. The number of fused-ring (bicyclic) bond motifs is 1. The van der Waals surface area contributed by atoms with Crippen molar-refractivity contribution in [1.82, 2.24) is 14.7 Å². The summed E-state index contributed by atoms with van der Waals surface area (Å²) >= 11 is 0. The van der Waals surface area contributed by atoms with Gasteiger partial charge in [-0.3, -0.25) is 14.0 Å². The Morgan fingerprint density at radius 3 is 2.38 bits per heavy atom. The molecule has 0 bridgehead atoms. The van der Waals surface area contributed by atoms with Crippen molar-refractivity contribution >= 4 is 23.0 Å². The van der Waals surface area contributed by atoms with Crippen LogP contribution in [0.2, 0.25) is 0 Å². The van der Waals surface area contributed by atoms with Crippen LogP contribution in [-0.2, 0) is 0 Å². The number of hydrogen-bond acceptors (Lipinski definition) is 3. The van der Waals surface area contributed by atoms with E-state index in [1.54, 1.807) is 22.7 Å². The molecule has 0 aliphatic rings. The Balaban J connectivity index is 1.99. The van der Waals surface area contributed by atoms with Crippen LogP contribution >= 0.6 is 0 Å². The number of nitrogens with one attached hydrogen (secondary N) is 2. The summed E-state index contributed by atoms with van der Waals surface area (Å²) in [6.07, 6.45) is 1.73. The zero-order valence-corrected chi connectivity index (χ0v) is 15.3. The van der Waals surface area contributed by atoms with Crippen LogP contribution in [0.25, 0.3) is 5.52 Å². The molecule has 0 spiro atoms. The number of aromatic nitrogens is 2. The highest BCUT2D eigenvalue weighted by Crippen LogP contribution is 2.17. The fourth-order valence-electron chi connectivity index (χ4n) is 2.93. The van der Waals surface area contributed by atoms with E-state index in [4.69, 9.17) is 0 Å². The number of anilines is 1. The lowest BCUT2D eigenvalue weighted by Crippen LogP contribution is -2.30. The third kappa shape index (κ3) is 3.59. The zero-order valence-electron chi connectivity index (χ0n) is 15.3. The number of amides is 2. The molecule has 6 heteroatoms. The minimum Gasteiger partial charge on any atom is -0.348 e. The van der Waals surface area contributed by atoms with Gasteiger partial charge in [-0.05, 0) is 63.1 Å². The highest BCUT2D eigenvalue weighted by Gasteiger charge is 2.21. The van der Waals surface area contributed by atoms with E-state index in [-0.39, 0.29) is 29.4 Å². The molecule has 0 atom stereocenters. The summed E-state index contributed by atoms with van der Waals surface area (Å²) in [4.78, 5) is 29.5. The number of pyridine rings is 1.